The predicted octanol–water partition coefficient (Wildman–Crippen LogP) is 1.12. The molecule has 1 saturated heterocycles. The lowest BCUT2D eigenvalue weighted by molar-refractivity contribution is 0.373. The van der Waals surface area contributed by atoms with Crippen molar-refractivity contribution in [1.82, 2.24) is 18.7 Å². The van der Waals surface area contributed by atoms with Crippen LogP contribution in [0.2, 0.25) is 0 Å². The Morgan fingerprint density at radius 2 is 1.96 bits per heavy atom. The summed E-state index contributed by atoms with van der Waals surface area (Å²) < 4.78 is 29.1. The van der Waals surface area contributed by atoms with Crippen LogP contribution in [0.3, 0.4) is 0 Å². The minimum atomic E-state index is -3.32. The van der Waals surface area contributed by atoms with Crippen LogP contribution in [0.25, 0.3) is 0 Å². The van der Waals surface area contributed by atoms with Gasteiger partial charge in [0.1, 0.15) is 0 Å². The fourth-order valence-corrected chi connectivity index (χ4v) is 4.51. The van der Waals surface area contributed by atoms with E-state index < -0.39 is 10.0 Å². The first-order valence-corrected chi connectivity index (χ1v) is 9.72. The average Bonchev–Trinajstić information content (AvgIpc) is 3.17. The highest BCUT2D eigenvalue weighted by Crippen LogP contribution is 2.33. The highest BCUT2D eigenvalue weighted by Gasteiger charge is 2.37. The molecule has 0 saturated carbocycles. The summed E-state index contributed by atoms with van der Waals surface area (Å²) in [7, 11) is -1.72. The minimum absolute atomic E-state index is 0.0548. The molecule has 0 bridgehead atoms. The summed E-state index contributed by atoms with van der Waals surface area (Å²) in [5.74, 6) is 0.583. The number of nitrogens with zero attached hydrogens (tertiary/aromatic N) is 4. The van der Waals surface area contributed by atoms with Crippen molar-refractivity contribution < 1.29 is 8.42 Å². The third-order valence-electron chi connectivity index (χ3n) is 4.44. The molecule has 8 heteroatoms. The minimum Gasteiger partial charge on any atom is -0.273 e. The summed E-state index contributed by atoms with van der Waals surface area (Å²) in [5, 5.41) is 4.35. The van der Waals surface area contributed by atoms with E-state index in [1.54, 1.807) is 18.5 Å². The van der Waals surface area contributed by atoms with Gasteiger partial charge in [-0.2, -0.15) is 9.40 Å². The topological polar surface area (TPSA) is 77.2 Å². The van der Waals surface area contributed by atoms with Crippen molar-refractivity contribution in [3.05, 3.63) is 52.2 Å². The quantitative estimate of drug-likeness (QED) is 0.809. The number of benzene rings is 1. The zero-order valence-electron chi connectivity index (χ0n) is 13.9. The first kappa shape index (κ1) is 16.9. The Hall–Kier alpha value is -1.93. The third kappa shape index (κ3) is 3.03. The van der Waals surface area contributed by atoms with Gasteiger partial charge in [-0.15, -0.1) is 0 Å². The Labute approximate surface area is 141 Å². The smallest absolute Gasteiger partial charge is 0.273 e. The van der Waals surface area contributed by atoms with Crippen LogP contribution >= 0.6 is 0 Å². The van der Waals surface area contributed by atoms with Crippen molar-refractivity contribution >= 4 is 10.0 Å². The van der Waals surface area contributed by atoms with Gasteiger partial charge in [0.2, 0.25) is 10.0 Å². The van der Waals surface area contributed by atoms with Crippen LogP contribution < -0.4 is 5.69 Å². The van der Waals surface area contributed by atoms with E-state index in [-0.39, 0.29) is 17.5 Å². The molecule has 2 aromatic rings. The standard InChI is InChI=1S/C16H22N4O3S/c1-3-24(22,23)20-11-7-10-14(20)15-17-18(2)16(21)19(15)12-13-8-5-4-6-9-13/h4-6,8-9,14H,3,7,10-12H2,1-2H3. The molecule has 1 aromatic carbocycles. The lowest BCUT2D eigenvalue weighted by atomic mass is 10.2. The Morgan fingerprint density at radius 3 is 2.62 bits per heavy atom. The number of rotatable bonds is 5. The van der Waals surface area contributed by atoms with E-state index in [4.69, 9.17) is 0 Å². The zero-order valence-corrected chi connectivity index (χ0v) is 14.7. The van der Waals surface area contributed by atoms with E-state index in [9.17, 15) is 13.2 Å². The maximum atomic E-state index is 12.5. The van der Waals surface area contributed by atoms with Gasteiger partial charge in [0.15, 0.2) is 5.82 Å². The monoisotopic (exact) mass is 350 g/mol. The summed E-state index contributed by atoms with van der Waals surface area (Å²) >= 11 is 0. The first-order chi connectivity index (χ1) is 11.4. The highest BCUT2D eigenvalue weighted by molar-refractivity contribution is 7.89. The van der Waals surface area contributed by atoms with Gasteiger partial charge in [0, 0.05) is 13.6 Å². The fourth-order valence-electron chi connectivity index (χ4n) is 3.18. The molecule has 1 atom stereocenters. The SMILES string of the molecule is CCS(=O)(=O)N1CCCC1c1nn(C)c(=O)n1Cc1ccccc1. The first-order valence-electron chi connectivity index (χ1n) is 8.11. The molecular weight excluding hydrogens is 328 g/mol. The molecule has 2 heterocycles. The van der Waals surface area contributed by atoms with Crippen LogP contribution in [0, 0.1) is 0 Å². The van der Waals surface area contributed by atoms with Gasteiger partial charge in [-0.05, 0) is 25.3 Å². The van der Waals surface area contributed by atoms with Gasteiger partial charge < -0.3 is 0 Å². The maximum Gasteiger partial charge on any atom is 0.346 e. The van der Waals surface area contributed by atoms with Crippen LogP contribution in [0.4, 0.5) is 0 Å². The van der Waals surface area contributed by atoms with Crippen LogP contribution in [-0.4, -0.2) is 39.4 Å². The molecule has 1 fully saturated rings. The molecular formula is C16H22N4O3S. The summed E-state index contributed by atoms with van der Waals surface area (Å²) in [6.07, 6.45) is 1.46. The molecule has 1 aliphatic heterocycles. The lowest BCUT2D eigenvalue weighted by Gasteiger charge is -2.23. The van der Waals surface area contributed by atoms with E-state index in [0.29, 0.717) is 25.3 Å². The van der Waals surface area contributed by atoms with Gasteiger partial charge in [-0.3, -0.25) is 4.57 Å². The van der Waals surface area contributed by atoms with E-state index in [2.05, 4.69) is 5.10 Å². The second kappa shape index (κ2) is 6.52. The zero-order chi connectivity index (χ0) is 17.3. The molecule has 24 heavy (non-hydrogen) atoms. The number of aryl methyl sites for hydroxylation is 1. The second-order valence-electron chi connectivity index (χ2n) is 6.01. The number of hydrogen-bond acceptors (Lipinski definition) is 4. The largest absolute Gasteiger partial charge is 0.346 e. The lowest BCUT2D eigenvalue weighted by Crippen LogP contribution is -2.34. The Morgan fingerprint density at radius 1 is 1.25 bits per heavy atom. The molecule has 0 spiro atoms. The number of sulfonamides is 1. The van der Waals surface area contributed by atoms with Crippen molar-refractivity contribution in [2.45, 2.75) is 32.4 Å². The number of aromatic nitrogens is 3. The van der Waals surface area contributed by atoms with Gasteiger partial charge in [0.05, 0.1) is 18.3 Å². The van der Waals surface area contributed by atoms with Crippen LogP contribution in [0.1, 0.15) is 37.2 Å². The molecule has 1 aromatic heterocycles. The molecule has 130 valence electrons. The molecule has 3 rings (SSSR count). The summed E-state index contributed by atoms with van der Waals surface area (Å²) in [5.41, 5.74) is 0.756. The van der Waals surface area contributed by atoms with Gasteiger partial charge in [-0.25, -0.2) is 17.9 Å². The van der Waals surface area contributed by atoms with Gasteiger partial charge >= 0.3 is 5.69 Å². The van der Waals surface area contributed by atoms with Crippen molar-refractivity contribution in [1.29, 1.82) is 0 Å². The van der Waals surface area contributed by atoms with Crippen molar-refractivity contribution in [3.8, 4) is 0 Å². The number of hydrogen-bond donors (Lipinski definition) is 0. The molecule has 1 aliphatic rings. The summed E-state index contributed by atoms with van der Waals surface area (Å²) in [6.45, 7) is 2.51. The fraction of sp³-hybridized carbons (Fsp3) is 0.500. The molecule has 0 aliphatic carbocycles. The molecule has 0 radical (unpaired) electrons. The average molecular weight is 350 g/mol. The van der Waals surface area contributed by atoms with Crippen LogP contribution in [0.15, 0.2) is 35.1 Å². The molecule has 7 nitrogen and oxygen atoms in total. The van der Waals surface area contributed by atoms with Crippen LogP contribution in [-0.2, 0) is 23.6 Å². The predicted molar refractivity (Wildman–Crippen MR) is 91.2 cm³/mol. The van der Waals surface area contributed by atoms with Crippen molar-refractivity contribution in [3.63, 3.8) is 0 Å². The van der Waals surface area contributed by atoms with Crippen molar-refractivity contribution in [2.75, 3.05) is 12.3 Å². The summed E-state index contributed by atoms with van der Waals surface area (Å²) in [6, 6.07) is 9.27. The Kier molecular flexibility index (Phi) is 4.60. The second-order valence-corrected chi connectivity index (χ2v) is 8.22. The summed E-state index contributed by atoms with van der Waals surface area (Å²) in [4.78, 5) is 12.5. The Balaban J connectivity index is 2.02. The van der Waals surface area contributed by atoms with Crippen molar-refractivity contribution in [2.24, 2.45) is 7.05 Å². The Bertz CT molecular complexity index is 870. The van der Waals surface area contributed by atoms with Gasteiger partial charge in [0.25, 0.3) is 0 Å². The molecule has 0 N–H and O–H groups in total. The third-order valence-corrected chi connectivity index (χ3v) is 6.33. The highest BCUT2D eigenvalue weighted by atomic mass is 32.2. The van der Waals surface area contributed by atoms with E-state index in [0.717, 1.165) is 12.0 Å². The molecule has 0 amide bonds. The van der Waals surface area contributed by atoms with E-state index in [1.165, 1.54) is 8.99 Å². The molecule has 1 unspecified atom stereocenters. The maximum absolute atomic E-state index is 12.5. The van der Waals surface area contributed by atoms with Crippen LogP contribution in [0.5, 0.6) is 0 Å². The van der Waals surface area contributed by atoms with E-state index in [1.807, 2.05) is 30.3 Å². The van der Waals surface area contributed by atoms with Gasteiger partial charge in [-0.1, -0.05) is 30.3 Å². The van der Waals surface area contributed by atoms with E-state index >= 15 is 0 Å². The normalized spacial score (nSPS) is 19.0.